The third-order valence-electron chi connectivity index (χ3n) is 4.95. The van der Waals surface area contributed by atoms with Crippen molar-refractivity contribution in [3.8, 4) is 5.75 Å². The molecule has 1 fully saturated rings. The molecular formula is C22H28N2O2. The minimum Gasteiger partial charge on any atom is -0.497 e. The number of piperidine rings is 1. The first-order chi connectivity index (χ1) is 12.7. The molecule has 1 N–H and O–H groups in total. The van der Waals surface area contributed by atoms with Crippen LogP contribution in [0.4, 0.5) is 5.69 Å². The fourth-order valence-corrected chi connectivity index (χ4v) is 3.32. The van der Waals surface area contributed by atoms with Gasteiger partial charge in [-0.15, -0.1) is 0 Å². The van der Waals surface area contributed by atoms with Crippen molar-refractivity contribution in [2.24, 2.45) is 0 Å². The third-order valence-corrected chi connectivity index (χ3v) is 4.95. The Balaban J connectivity index is 1.42. The highest BCUT2D eigenvalue weighted by atomic mass is 16.5. The van der Waals surface area contributed by atoms with Crippen molar-refractivity contribution < 1.29 is 9.53 Å². The van der Waals surface area contributed by atoms with Crippen LogP contribution in [0.25, 0.3) is 0 Å². The fraction of sp³-hybridized carbons (Fsp3) is 0.409. The lowest BCUT2D eigenvalue weighted by atomic mass is 10.1. The Labute approximate surface area is 156 Å². The van der Waals surface area contributed by atoms with Gasteiger partial charge in [-0.1, -0.05) is 24.3 Å². The molecule has 138 valence electrons. The number of methoxy groups -OCH3 is 1. The predicted molar refractivity (Wildman–Crippen MR) is 106 cm³/mol. The summed E-state index contributed by atoms with van der Waals surface area (Å²) in [5.74, 6) is 0.923. The maximum atomic E-state index is 12.1. The minimum atomic E-state index is 0.0842. The van der Waals surface area contributed by atoms with Crippen molar-refractivity contribution in [2.75, 3.05) is 25.1 Å². The van der Waals surface area contributed by atoms with Crippen LogP contribution in [0, 0.1) is 0 Å². The molecule has 1 aliphatic heterocycles. The van der Waals surface area contributed by atoms with Gasteiger partial charge in [0, 0.05) is 31.7 Å². The molecule has 0 saturated carbocycles. The number of hydrogen-bond donors (Lipinski definition) is 1. The van der Waals surface area contributed by atoms with Gasteiger partial charge in [0.15, 0.2) is 0 Å². The second-order valence-electron chi connectivity index (χ2n) is 6.84. The van der Waals surface area contributed by atoms with Crippen LogP contribution >= 0.6 is 0 Å². The molecule has 26 heavy (non-hydrogen) atoms. The average Bonchev–Trinajstić information content (AvgIpc) is 2.72. The van der Waals surface area contributed by atoms with Crippen LogP contribution < -0.4 is 15.0 Å². The molecule has 0 bridgehead atoms. The molecule has 0 aromatic heterocycles. The van der Waals surface area contributed by atoms with Gasteiger partial charge >= 0.3 is 0 Å². The van der Waals surface area contributed by atoms with E-state index in [1.165, 1.54) is 24.9 Å². The molecule has 1 amide bonds. The molecule has 3 rings (SSSR count). The molecule has 0 spiro atoms. The number of rotatable bonds is 7. The normalized spacial score (nSPS) is 14.1. The number of benzene rings is 2. The predicted octanol–water partition coefficient (Wildman–Crippen LogP) is 3.93. The molecule has 0 atom stereocenters. The number of carbonyl (C=O) groups is 1. The quantitative estimate of drug-likeness (QED) is 0.821. The zero-order valence-corrected chi connectivity index (χ0v) is 15.5. The Morgan fingerprint density at radius 3 is 2.27 bits per heavy atom. The van der Waals surface area contributed by atoms with Gasteiger partial charge in [0.25, 0.3) is 0 Å². The van der Waals surface area contributed by atoms with E-state index in [0.29, 0.717) is 13.0 Å². The Morgan fingerprint density at radius 2 is 1.62 bits per heavy atom. The molecular weight excluding hydrogens is 324 g/mol. The Morgan fingerprint density at radius 1 is 0.962 bits per heavy atom. The molecule has 4 heteroatoms. The van der Waals surface area contributed by atoms with Crippen molar-refractivity contribution in [1.29, 1.82) is 0 Å². The van der Waals surface area contributed by atoms with E-state index < -0.39 is 0 Å². The SMILES string of the molecule is COc1ccc(CCC(=O)NCc2ccc(N3CCCCC3)cc2)cc1. The van der Waals surface area contributed by atoms with Crippen molar-refractivity contribution in [3.63, 3.8) is 0 Å². The molecule has 0 unspecified atom stereocenters. The lowest BCUT2D eigenvalue weighted by Gasteiger charge is -2.28. The van der Waals surface area contributed by atoms with E-state index >= 15 is 0 Å². The van der Waals surface area contributed by atoms with Crippen LogP contribution in [0.15, 0.2) is 48.5 Å². The number of ether oxygens (including phenoxy) is 1. The lowest BCUT2D eigenvalue weighted by Crippen LogP contribution is -2.29. The third kappa shape index (κ3) is 5.25. The first-order valence-electron chi connectivity index (χ1n) is 9.48. The highest BCUT2D eigenvalue weighted by molar-refractivity contribution is 5.76. The Hall–Kier alpha value is -2.49. The monoisotopic (exact) mass is 352 g/mol. The molecule has 0 radical (unpaired) electrons. The maximum absolute atomic E-state index is 12.1. The summed E-state index contributed by atoms with van der Waals surface area (Å²) in [6.07, 6.45) is 5.15. The molecule has 1 aliphatic rings. The van der Waals surface area contributed by atoms with Crippen LogP contribution in [-0.2, 0) is 17.8 Å². The van der Waals surface area contributed by atoms with Gasteiger partial charge < -0.3 is 15.0 Å². The largest absolute Gasteiger partial charge is 0.497 e. The highest BCUT2D eigenvalue weighted by Crippen LogP contribution is 2.20. The van der Waals surface area contributed by atoms with E-state index in [4.69, 9.17) is 4.74 Å². The number of hydrogen-bond acceptors (Lipinski definition) is 3. The summed E-state index contributed by atoms with van der Waals surface area (Å²) >= 11 is 0. The van der Waals surface area contributed by atoms with E-state index in [1.807, 2.05) is 24.3 Å². The van der Waals surface area contributed by atoms with E-state index in [9.17, 15) is 4.79 Å². The lowest BCUT2D eigenvalue weighted by molar-refractivity contribution is -0.121. The van der Waals surface area contributed by atoms with Gasteiger partial charge in [-0.05, 0) is 61.1 Å². The van der Waals surface area contributed by atoms with Crippen molar-refractivity contribution in [2.45, 2.75) is 38.6 Å². The number of aryl methyl sites for hydroxylation is 1. The second kappa shape index (κ2) is 9.27. The number of carbonyl (C=O) groups excluding carboxylic acids is 1. The molecule has 0 aliphatic carbocycles. The van der Waals surface area contributed by atoms with Gasteiger partial charge in [0.2, 0.25) is 5.91 Å². The van der Waals surface area contributed by atoms with Crippen molar-refractivity contribution in [3.05, 3.63) is 59.7 Å². The van der Waals surface area contributed by atoms with Gasteiger partial charge in [-0.25, -0.2) is 0 Å². The smallest absolute Gasteiger partial charge is 0.220 e. The van der Waals surface area contributed by atoms with E-state index in [0.717, 1.165) is 36.4 Å². The van der Waals surface area contributed by atoms with E-state index in [-0.39, 0.29) is 5.91 Å². The first kappa shape index (κ1) is 18.3. The number of nitrogens with one attached hydrogen (secondary N) is 1. The highest BCUT2D eigenvalue weighted by Gasteiger charge is 2.10. The Kier molecular flexibility index (Phi) is 6.53. The van der Waals surface area contributed by atoms with Gasteiger partial charge in [0.1, 0.15) is 5.75 Å². The topological polar surface area (TPSA) is 41.6 Å². The maximum Gasteiger partial charge on any atom is 0.220 e. The van der Waals surface area contributed by atoms with Gasteiger partial charge in [-0.2, -0.15) is 0 Å². The van der Waals surface area contributed by atoms with E-state index in [1.54, 1.807) is 7.11 Å². The molecule has 4 nitrogen and oxygen atoms in total. The summed E-state index contributed by atoms with van der Waals surface area (Å²) in [6.45, 7) is 2.89. The molecule has 2 aromatic carbocycles. The summed E-state index contributed by atoms with van der Waals surface area (Å²) in [5, 5.41) is 3.01. The van der Waals surface area contributed by atoms with Gasteiger partial charge in [-0.3, -0.25) is 4.79 Å². The standard InChI is InChI=1S/C22H28N2O2/c1-26-21-12-7-18(8-13-21)9-14-22(25)23-17-19-5-10-20(11-6-19)24-15-3-2-4-16-24/h5-8,10-13H,2-4,9,14-17H2,1H3,(H,23,25). The van der Waals surface area contributed by atoms with Crippen LogP contribution in [0.5, 0.6) is 5.75 Å². The average molecular weight is 352 g/mol. The zero-order chi connectivity index (χ0) is 18.2. The molecule has 1 heterocycles. The second-order valence-corrected chi connectivity index (χ2v) is 6.84. The number of nitrogens with zero attached hydrogens (tertiary/aromatic N) is 1. The summed E-state index contributed by atoms with van der Waals surface area (Å²) in [7, 11) is 1.65. The van der Waals surface area contributed by atoms with E-state index in [2.05, 4.69) is 34.5 Å². The van der Waals surface area contributed by atoms with Gasteiger partial charge in [0.05, 0.1) is 7.11 Å². The minimum absolute atomic E-state index is 0.0842. The van der Waals surface area contributed by atoms with Crippen LogP contribution in [0.1, 0.15) is 36.8 Å². The summed E-state index contributed by atoms with van der Waals surface area (Å²) < 4.78 is 5.15. The van der Waals surface area contributed by atoms with Crippen LogP contribution in [0.3, 0.4) is 0 Å². The molecule has 2 aromatic rings. The van der Waals surface area contributed by atoms with Crippen LogP contribution in [-0.4, -0.2) is 26.1 Å². The number of anilines is 1. The van der Waals surface area contributed by atoms with Crippen molar-refractivity contribution in [1.82, 2.24) is 5.32 Å². The Bertz CT molecular complexity index is 689. The summed E-state index contributed by atoms with van der Waals surface area (Å²) in [6, 6.07) is 16.4. The zero-order valence-electron chi connectivity index (χ0n) is 15.5. The fourth-order valence-electron chi connectivity index (χ4n) is 3.32. The van der Waals surface area contributed by atoms with Crippen molar-refractivity contribution >= 4 is 11.6 Å². The summed E-state index contributed by atoms with van der Waals surface area (Å²) in [4.78, 5) is 14.5. The summed E-state index contributed by atoms with van der Waals surface area (Å²) in [5.41, 5.74) is 3.58. The number of amides is 1. The van der Waals surface area contributed by atoms with Crippen LogP contribution in [0.2, 0.25) is 0 Å². The molecule has 1 saturated heterocycles. The first-order valence-corrected chi connectivity index (χ1v) is 9.48.